The molecule has 3 amide bonds. The highest BCUT2D eigenvalue weighted by molar-refractivity contribution is 7.89. The summed E-state index contributed by atoms with van der Waals surface area (Å²) in [5, 5.41) is 14.5. The summed E-state index contributed by atoms with van der Waals surface area (Å²) in [6.45, 7) is 4.63. The number of amides is 3. The molecule has 1 aliphatic rings. The van der Waals surface area contributed by atoms with E-state index < -0.39 is 10.0 Å². The minimum atomic E-state index is -3.81. The van der Waals surface area contributed by atoms with Gasteiger partial charge in [0.1, 0.15) is 5.00 Å². The molecule has 1 saturated heterocycles. The molecule has 0 spiro atoms. The maximum atomic E-state index is 13.6. The first-order valence-corrected chi connectivity index (χ1v) is 14.3. The van der Waals surface area contributed by atoms with Gasteiger partial charge in [-0.1, -0.05) is 24.3 Å². The number of anilines is 1. The highest BCUT2D eigenvalue weighted by Crippen LogP contribution is 2.37. The Bertz CT molecular complexity index is 1610. The number of aromatic nitrogens is 2. The van der Waals surface area contributed by atoms with E-state index in [4.69, 9.17) is 4.42 Å². The van der Waals surface area contributed by atoms with E-state index in [1.54, 1.807) is 24.0 Å². The van der Waals surface area contributed by atoms with Gasteiger partial charge in [0.25, 0.3) is 5.91 Å². The molecule has 38 heavy (non-hydrogen) atoms. The average Bonchev–Trinajstić information content (AvgIpc) is 3.51. The molecule has 0 radical (unpaired) electrons. The van der Waals surface area contributed by atoms with Crippen LogP contribution in [0, 0.1) is 6.92 Å². The molecule has 11 nitrogen and oxygen atoms in total. The van der Waals surface area contributed by atoms with Crippen LogP contribution in [0.5, 0.6) is 0 Å². The number of fused-ring (bicyclic) bond motifs is 1. The van der Waals surface area contributed by atoms with Crippen LogP contribution < -0.4 is 10.6 Å². The van der Waals surface area contributed by atoms with Crippen molar-refractivity contribution < 1.29 is 22.4 Å². The molecule has 0 aliphatic carbocycles. The zero-order valence-corrected chi connectivity index (χ0v) is 22.4. The van der Waals surface area contributed by atoms with E-state index in [2.05, 4.69) is 20.8 Å². The number of carbonyl (C=O) groups is 2. The second-order valence-electron chi connectivity index (χ2n) is 8.64. The first kappa shape index (κ1) is 25.8. The highest BCUT2D eigenvalue weighted by atomic mass is 32.2. The van der Waals surface area contributed by atoms with E-state index in [1.165, 1.54) is 27.8 Å². The summed E-state index contributed by atoms with van der Waals surface area (Å²) in [5.74, 6) is 0.381. The Hall–Kier alpha value is -3.81. The van der Waals surface area contributed by atoms with E-state index in [0.29, 0.717) is 28.6 Å². The molecule has 0 atom stereocenters. The maximum Gasteiger partial charge on any atom is 0.319 e. The lowest BCUT2D eigenvalue weighted by molar-refractivity contribution is 0.0701. The van der Waals surface area contributed by atoms with Crippen LogP contribution >= 0.6 is 11.3 Å². The van der Waals surface area contributed by atoms with E-state index in [1.807, 2.05) is 31.2 Å². The van der Waals surface area contributed by atoms with E-state index >= 15 is 0 Å². The first-order valence-electron chi connectivity index (χ1n) is 12.0. The molecule has 0 bridgehead atoms. The predicted molar refractivity (Wildman–Crippen MR) is 144 cm³/mol. The number of sulfonamides is 1. The SMILES string of the molecule is CCNC(=O)Nc1sc2ccccc2c1C(=O)N1CCN(S(=O)(=O)c2cccc(-c3nnc(C)o3)c2)CC1. The molecule has 5 rings (SSSR count). The zero-order valence-electron chi connectivity index (χ0n) is 20.8. The number of hydrogen-bond acceptors (Lipinski definition) is 8. The summed E-state index contributed by atoms with van der Waals surface area (Å²) in [4.78, 5) is 27.6. The van der Waals surface area contributed by atoms with Crippen molar-refractivity contribution in [2.75, 3.05) is 38.0 Å². The quantitative estimate of drug-likeness (QED) is 0.372. The minimum Gasteiger partial charge on any atom is -0.421 e. The number of rotatable bonds is 6. The Kier molecular flexibility index (Phi) is 7.15. The van der Waals surface area contributed by atoms with E-state index in [0.717, 1.165) is 10.1 Å². The minimum absolute atomic E-state index is 0.114. The molecule has 13 heteroatoms. The van der Waals surface area contributed by atoms with Gasteiger partial charge in [-0.05, 0) is 31.2 Å². The molecule has 1 fully saturated rings. The van der Waals surface area contributed by atoms with Gasteiger partial charge in [0, 0.05) is 55.3 Å². The number of hydrogen-bond donors (Lipinski definition) is 2. The molecule has 1 aliphatic heterocycles. The smallest absolute Gasteiger partial charge is 0.319 e. The van der Waals surface area contributed by atoms with Gasteiger partial charge in [0.15, 0.2) is 0 Å². The van der Waals surface area contributed by atoms with Gasteiger partial charge in [-0.3, -0.25) is 10.1 Å². The summed E-state index contributed by atoms with van der Waals surface area (Å²) in [6.07, 6.45) is 0. The third-order valence-electron chi connectivity index (χ3n) is 6.14. The normalized spacial score (nSPS) is 14.5. The first-order chi connectivity index (χ1) is 18.3. The fraction of sp³-hybridized carbons (Fsp3) is 0.280. The van der Waals surface area contributed by atoms with Gasteiger partial charge in [0.05, 0.1) is 10.5 Å². The number of nitrogens with zero attached hydrogens (tertiary/aromatic N) is 4. The van der Waals surface area contributed by atoms with Crippen LogP contribution in [0.25, 0.3) is 21.5 Å². The molecular weight excluding hydrogens is 528 g/mol. The highest BCUT2D eigenvalue weighted by Gasteiger charge is 2.32. The van der Waals surface area contributed by atoms with Gasteiger partial charge >= 0.3 is 6.03 Å². The molecule has 2 N–H and O–H groups in total. The summed E-state index contributed by atoms with van der Waals surface area (Å²) in [7, 11) is -3.81. The number of piperazine rings is 1. The van der Waals surface area contributed by atoms with Crippen molar-refractivity contribution in [1.82, 2.24) is 24.7 Å². The van der Waals surface area contributed by atoms with Crippen molar-refractivity contribution in [2.45, 2.75) is 18.7 Å². The van der Waals surface area contributed by atoms with Crippen LogP contribution in [0.15, 0.2) is 57.8 Å². The van der Waals surface area contributed by atoms with Gasteiger partial charge in [-0.15, -0.1) is 21.5 Å². The number of thiophene rings is 1. The van der Waals surface area contributed by atoms with Gasteiger partial charge in [0.2, 0.25) is 21.8 Å². The van der Waals surface area contributed by atoms with Crippen LogP contribution in [0.4, 0.5) is 9.80 Å². The Morgan fingerprint density at radius 1 is 1.05 bits per heavy atom. The third kappa shape index (κ3) is 4.99. The van der Waals surface area contributed by atoms with Crippen LogP contribution in [-0.2, 0) is 10.0 Å². The Labute approximate surface area is 223 Å². The zero-order chi connectivity index (χ0) is 26.9. The van der Waals surface area contributed by atoms with Crippen LogP contribution in [0.1, 0.15) is 23.2 Å². The summed E-state index contributed by atoms with van der Waals surface area (Å²) in [6, 6.07) is 13.5. The molecule has 0 unspecified atom stereocenters. The third-order valence-corrected chi connectivity index (χ3v) is 9.13. The molecule has 4 aromatic rings. The molecule has 2 aromatic heterocycles. The second-order valence-corrected chi connectivity index (χ2v) is 11.6. The standard InChI is InChI=1S/C25H26N6O5S2/c1-3-26-25(33)27-23-21(19-9-4-5-10-20(19)37-23)24(32)30-11-13-31(14-12-30)38(34,35)18-8-6-7-17(15-18)22-29-28-16(2)36-22/h4-10,15H,3,11-14H2,1-2H3,(H2,26,27,33). The predicted octanol–water partition coefficient (Wildman–Crippen LogP) is 3.55. The van der Waals surface area contributed by atoms with E-state index in [-0.39, 0.29) is 48.9 Å². The van der Waals surface area contributed by atoms with Crippen molar-refractivity contribution in [1.29, 1.82) is 0 Å². The molecular formula is C25H26N6O5S2. The fourth-order valence-corrected chi connectivity index (χ4v) is 6.85. The number of benzene rings is 2. The van der Waals surface area contributed by atoms with Crippen LogP contribution in [0.2, 0.25) is 0 Å². The maximum absolute atomic E-state index is 13.6. The lowest BCUT2D eigenvalue weighted by Crippen LogP contribution is -2.50. The molecule has 198 valence electrons. The Morgan fingerprint density at radius 3 is 2.53 bits per heavy atom. The number of urea groups is 1. The monoisotopic (exact) mass is 554 g/mol. The number of carbonyl (C=O) groups excluding carboxylic acids is 2. The average molecular weight is 555 g/mol. The summed E-state index contributed by atoms with van der Waals surface area (Å²) in [5.41, 5.74) is 0.924. The lowest BCUT2D eigenvalue weighted by atomic mass is 10.1. The van der Waals surface area contributed by atoms with Crippen LogP contribution in [0.3, 0.4) is 0 Å². The Balaban J connectivity index is 1.34. The second kappa shape index (κ2) is 10.5. The van der Waals surface area contributed by atoms with Gasteiger partial charge in [-0.25, -0.2) is 13.2 Å². The largest absolute Gasteiger partial charge is 0.421 e. The number of aryl methyl sites for hydroxylation is 1. The number of nitrogens with one attached hydrogen (secondary N) is 2. The molecule has 3 heterocycles. The van der Waals surface area contributed by atoms with Crippen LogP contribution in [-0.4, -0.2) is 72.5 Å². The van der Waals surface area contributed by atoms with Crippen molar-refractivity contribution in [3.8, 4) is 11.5 Å². The molecule has 2 aromatic carbocycles. The van der Waals surface area contributed by atoms with Crippen molar-refractivity contribution in [3.05, 3.63) is 60.0 Å². The van der Waals surface area contributed by atoms with Gasteiger partial charge < -0.3 is 14.6 Å². The van der Waals surface area contributed by atoms with Crippen molar-refractivity contribution >= 4 is 48.4 Å². The van der Waals surface area contributed by atoms with Gasteiger partial charge in [-0.2, -0.15) is 4.31 Å². The fourth-order valence-electron chi connectivity index (χ4n) is 4.30. The molecule has 0 saturated carbocycles. The topological polar surface area (TPSA) is 138 Å². The Morgan fingerprint density at radius 2 is 1.82 bits per heavy atom. The van der Waals surface area contributed by atoms with E-state index in [9.17, 15) is 18.0 Å². The lowest BCUT2D eigenvalue weighted by Gasteiger charge is -2.34. The summed E-state index contributed by atoms with van der Waals surface area (Å²) < 4.78 is 34.5. The van der Waals surface area contributed by atoms with Crippen molar-refractivity contribution in [3.63, 3.8) is 0 Å². The van der Waals surface area contributed by atoms with Crippen molar-refractivity contribution in [2.24, 2.45) is 0 Å². The summed E-state index contributed by atoms with van der Waals surface area (Å²) >= 11 is 1.33.